The van der Waals surface area contributed by atoms with Crippen molar-refractivity contribution in [2.45, 2.75) is 38.6 Å². The van der Waals surface area contributed by atoms with Gasteiger partial charge in [-0.2, -0.15) is 0 Å². The third-order valence-electron chi connectivity index (χ3n) is 4.03. The number of aliphatic hydroxyl groups excluding tert-OH is 1. The number of furan rings is 1. The first-order chi connectivity index (χ1) is 8.31. The van der Waals surface area contributed by atoms with Crippen molar-refractivity contribution in [1.29, 1.82) is 0 Å². The van der Waals surface area contributed by atoms with Crippen molar-refractivity contribution < 1.29 is 9.52 Å². The van der Waals surface area contributed by atoms with E-state index in [1.807, 2.05) is 6.07 Å². The maximum absolute atomic E-state index is 9.37. The summed E-state index contributed by atoms with van der Waals surface area (Å²) in [5, 5.41) is 12.9. The van der Waals surface area contributed by atoms with Crippen molar-refractivity contribution in [3.8, 4) is 0 Å². The molecule has 1 aromatic rings. The minimum absolute atomic E-state index is 0.329. The average Bonchev–Trinajstić information content (AvgIpc) is 2.90. The fraction of sp³-hybridized carbons (Fsp3) is 0.714. The molecule has 2 rings (SSSR count). The van der Waals surface area contributed by atoms with Crippen LogP contribution in [0.25, 0.3) is 0 Å². The van der Waals surface area contributed by atoms with Gasteiger partial charge in [-0.15, -0.1) is 0 Å². The fourth-order valence-electron chi connectivity index (χ4n) is 2.76. The van der Waals surface area contributed by atoms with Gasteiger partial charge < -0.3 is 14.8 Å². The van der Waals surface area contributed by atoms with Gasteiger partial charge in [-0.3, -0.25) is 0 Å². The fourth-order valence-corrected chi connectivity index (χ4v) is 2.76. The molecule has 96 valence electrons. The lowest BCUT2D eigenvalue weighted by Crippen LogP contribution is -2.33. The van der Waals surface area contributed by atoms with Crippen LogP contribution in [0.2, 0.25) is 0 Å². The van der Waals surface area contributed by atoms with Gasteiger partial charge in [0.05, 0.1) is 12.5 Å². The Hall–Kier alpha value is -0.800. The molecule has 0 aliphatic heterocycles. The molecule has 2 N–H and O–H groups in total. The Bertz CT molecular complexity index is 310. The molecule has 1 aliphatic rings. The van der Waals surface area contributed by atoms with E-state index in [-0.39, 0.29) is 0 Å². The molecule has 3 unspecified atom stereocenters. The molecule has 1 aliphatic carbocycles. The molecule has 17 heavy (non-hydrogen) atoms. The maximum Gasteiger partial charge on any atom is 0.0950 e. The summed E-state index contributed by atoms with van der Waals surface area (Å²) in [7, 11) is 0. The topological polar surface area (TPSA) is 45.4 Å². The summed E-state index contributed by atoms with van der Waals surface area (Å²) in [5.74, 6) is 1.12. The zero-order valence-corrected chi connectivity index (χ0v) is 10.6. The molecule has 3 heteroatoms. The van der Waals surface area contributed by atoms with E-state index in [1.54, 1.807) is 12.5 Å². The molecule has 1 fully saturated rings. The molecule has 0 bridgehead atoms. The minimum atomic E-state index is 0.329. The Morgan fingerprint density at radius 1 is 1.41 bits per heavy atom. The van der Waals surface area contributed by atoms with Crippen LogP contribution < -0.4 is 5.32 Å². The highest BCUT2D eigenvalue weighted by Crippen LogP contribution is 2.29. The highest BCUT2D eigenvalue weighted by Gasteiger charge is 2.24. The van der Waals surface area contributed by atoms with Gasteiger partial charge >= 0.3 is 0 Å². The highest BCUT2D eigenvalue weighted by molar-refractivity contribution is 5.10. The van der Waals surface area contributed by atoms with E-state index in [4.69, 9.17) is 4.42 Å². The Morgan fingerprint density at radius 2 is 2.18 bits per heavy atom. The largest absolute Gasteiger partial charge is 0.472 e. The molecule has 3 atom stereocenters. The van der Waals surface area contributed by atoms with Crippen LogP contribution in [-0.2, 0) is 0 Å². The van der Waals surface area contributed by atoms with Gasteiger partial charge in [-0.25, -0.2) is 0 Å². The number of rotatable bonds is 5. The molecule has 1 saturated carbocycles. The highest BCUT2D eigenvalue weighted by atomic mass is 16.3. The Morgan fingerprint density at radius 3 is 2.82 bits per heavy atom. The van der Waals surface area contributed by atoms with E-state index >= 15 is 0 Å². The van der Waals surface area contributed by atoms with Gasteiger partial charge in [0.2, 0.25) is 0 Å². The number of nitrogens with one attached hydrogen (secondary N) is 1. The molecular weight excluding hydrogens is 214 g/mol. The summed E-state index contributed by atoms with van der Waals surface area (Å²) in [6, 6.07) is 2.33. The van der Waals surface area contributed by atoms with Crippen LogP contribution >= 0.6 is 0 Å². The lowest BCUT2D eigenvalue weighted by Gasteiger charge is -2.31. The summed E-state index contributed by atoms with van der Waals surface area (Å²) in [6.45, 7) is 3.49. The van der Waals surface area contributed by atoms with Gasteiger partial charge in [0, 0.05) is 18.2 Å². The molecule has 0 spiro atoms. The third-order valence-corrected chi connectivity index (χ3v) is 4.03. The zero-order chi connectivity index (χ0) is 12.1. The van der Waals surface area contributed by atoms with Gasteiger partial charge in [0.1, 0.15) is 0 Å². The Kier molecular flexibility index (Phi) is 4.63. The van der Waals surface area contributed by atoms with Crippen molar-refractivity contribution in [3.05, 3.63) is 24.2 Å². The molecule has 1 aromatic heterocycles. The smallest absolute Gasteiger partial charge is 0.0950 e. The van der Waals surface area contributed by atoms with E-state index < -0.39 is 0 Å². The lowest BCUT2D eigenvalue weighted by molar-refractivity contribution is 0.131. The molecule has 0 saturated heterocycles. The van der Waals surface area contributed by atoms with Crippen LogP contribution in [0.15, 0.2) is 23.0 Å². The zero-order valence-electron chi connectivity index (χ0n) is 10.6. The Balaban J connectivity index is 1.80. The van der Waals surface area contributed by atoms with Crippen LogP contribution in [0.5, 0.6) is 0 Å². The SMILES string of the molecule is CC(NCC1CCCCC1CO)c1ccoc1. The number of aliphatic hydroxyl groups is 1. The van der Waals surface area contributed by atoms with E-state index in [0.29, 0.717) is 24.5 Å². The Labute approximate surface area is 103 Å². The second-order valence-corrected chi connectivity index (χ2v) is 5.17. The van der Waals surface area contributed by atoms with Crippen LogP contribution in [0.1, 0.15) is 44.2 Å². The van der Waals surface area contributed by atoms with Gasteiger partial charge in [-0.1, -0.05) is 12.8 Å². The molecule has 1 heterocycles. The summed E-state index contributed by atoms with van der Waals surface area (Å²) >= 11 is 0. The number of hydrogen-bond donors (Lipinski definition) is 2. The molecule has 0 radical (unpaired) electrons. The summed E-state index contributed by atoms with van der Waals surface area (Å²) in [6.07, 6.45) is 8.52. The van der Waals surface area contributed by atoms with Crippen LogP contribution in [0.3, 0.4) is 0 Å². The van der Waals surface area contributed by atoms with E-state index in [1.165, 1.54) is 31.2 Å². The van der Waals surface area contributed by atoms with Crippen LogP contribution in [0.4, 0.5) is 0 Å². The normalized spacial score (nSPS) is 26.9. The monoisotopic (exact) mass is 237 g/mol. The molecule has 0 aromatic carbocycles. The van der Waals surface area contributed by atoms with E-state index in [0.717, 1.165) is 6.54 Å². The molecular formula is C14H23NO2. The van der Waals surface area contributed by atoms with Crippen LogP contribution in [0, 0.1) is 11.8 Å². The lowest BCUT2D eigenvalue weighted by atomic mass is 9.79. The van der Waals surface area contributed by atoms with Gasteiger partial charge in [-0.05, 0) is 44.2 Å². The first kappa shape index (κ1) is 12.7. The average molecular weight is 237 g/mol. The van der Waals surface area contributed by atoms with Crippen molar-refractivity contribution in [2.24, 2.45) is 11.8 Å². The van der Waals surface area contributed by atoms with Gasteiger partial charge in [0.25, 0.3) is 0 Å². The van der Waals surface area contributed by atoms with E-state index in [2.05, 4.69) is 12.2 Å². The van der Waals surface area contributed by atoms with Crippen molar-refractivity contribution in [3.63, 3.8) is 0 Å². The second kappa shape index (κ2) is 6.22. The van der Waals surface area contributed by atoms with Crippen molar-refractivity contribution >= 4 is 0 Å². The van der Waals surface area contributed by atoms with Gasteiger partial charge in [0.15, 0.2) is 0 Å². The predicted octanol–water partition coefficient (Wildman–Crippen LogP) is 2.73. The van der Waals surface area contributed by atoms with Crippen LogP contribution in [-0.4, -0.2) is 18.3 Å². The maximum atomic E-state index is 9.37. The summed E-state index contributed by atoms with van der Waals surface area (Å²) < 4.78 is 5.09. The third kappa shape index (κ3) is 3.33. The minimum Gasteiger partial charge on any atom is -0.472 e. The number of hydrogen-bond acceptors (Lipinski definition) is 3. The standard InChI is InChI=1S/C14H23NO2/c1-11(14-6-7-17-10-14)15-8-12-4-2-3-5-13(12)9-16/h6-7,10-13,15-16H,2-5,8-9H2,1H3. The first-order valence-corrected chi connectivity index (χ1v) is 6.67. The first-order valence-electron chi connectivity index (χ1n) is 6.67. The quantitative estimate of drug-likeness (QED) is 0.827. The summed E-state index contributed by atoms with van der Waals surface area (Å²) in [4.78, 5) is 0. The predicted molar refractivity (Wildman–Crippen MR) is 67.7 cm³/mol. The summed E-state index contributed by atoms with van der Waals surface area (Å²) in [5.41, 5.74) is 1.20. The molecule has 0 amide bonds. The van der Waals surface area contributed by atoms with Crippen molar-refractivity contribution in [2.75, 3.05) is 13.2 Å². The van der Waals surface area contributed by atoms with Crippen molar-refractivity contribution in [1.82, 2.24) is 5.32 Å². The molecule has 3 nitrogen and oxygen atoms in total. The van der Waals surface area contributed by atoms with E-state index in [9.17, 15) is 5.11 Å². The second-order valence-electron chi connectivity index (χ2n) is 5.17.